The first-order chi connectivity index (χ1) is 14.4. The molecule has 1 saturated heterocycles. The van der Waals surface area contributed by atoms with Gasteiger partial charge in [0.1, 0.15) is 0 Å². The average Bonchev–Trinajstić information content (AvgIpc) is 3.51. The van der Waals surface area contributed by atoms with Crippen LogP contribution in [0.2, 0.25) is 0 Å². The number of carbonyl (C=O) groups excluding carboxylic acids is 2. The maximum atomic E-state index is 13.2. The van der Waals surface area contributed by atoms with Gasteiger partial charge < -0.3 is 9.80 Å². The van der Waals surface area contributed by atoms with Crippen molar-refractivity contribution in [2.24, 2.45) is 17.3 Å². The Morgan fingerprint density at radius 1 is 0.967 bits per heavy atom. The van der Waals surface area contributed by atoms with E-state index in [9.17, 15) is 9.59 Å². The zero-order chi connectivity index (χ0) is 21.3. The Morgan fingerprint density at radius 3 is 2.07 bits per heavy atom. The Bertz CT molecular complexity index is 896. The van der Waals surface area contributed by atoms with Gasteiger partial charge in [-0.2, -0.15) is 0 Å². The van der Waals surface area contributed by atoms with Crippen LogP contribution in [0.25, 0.3) is 11.1 Å². The molecular formula is C26H32N2O2. The number of carbonyl (C=O) groups is 2. The van der Waals surface area contributed by atoms with E-state index < -0.39 is 5.41 Å². The summed E-state index contributed by atoms with van der Waals surface area (Å²) in [6.07, 6.45) is 3.21. The SMILES string of the molecule is C[C@@H]1C[C@@H]1C(=O)N1CCC(Cc2ccc(-c3ccccc3)cc2)(C(=O)N(C)C)CC1. The van der Waals surface area contributed by atoms with Crippen molar-refractivity contribution in [1.29, 1.82) is 0 Å². The number of rotatable bonds is 5. The Kier molecular flexibility index (Phi) is 5.68. The first-order valence-electron chi connectivity index (χ1n) is 11.0. The summed E-state index contributed by atoms with van der Waals surface area (Å²) < 4.78 is 0. The van der Waals surface area contributed by atoms with Crippen molar-refractivity contribution in [2.45, 2.75) is 32.6 Å². The number of benzene rings is 2. The first kappa shape index (κ1) is 20.6. The molecule has 2 aromatic carbocycles. The van der Waals surface area contributed by atoms with Crippen molar-refractivity contribution in [3.63, 3.8) is 0 Å². The summed E-state index contributed by atoms with van der Waals surface area (Å²) in [7, 11) is 3.68. The molecule has 1 heterocycles. The summed E-state index contributed by atoms with van der Waals surface area (Å²) in [6.45, 7) is 3.51. The lowest BCUT2D eigenvalue weighted by atomic mass is 9.72. The topological polar surface area (TPSA) is 40.6 Å². The summed E-state index contributed by atoms with van der Waals surface area (Å²) >= 11 is 0. The van der Waals surface area contributed by atoms with E-state index in [1.54, 1.807) is 4.90 Å². The zero-order valence-corrected chi connectivity index (χ0v) is 18.3. The minimum Gasteiger partial charge on any atom is -0.348 e. The Morgan fingerprint density at radius 2 is 1.53 bits per heavy atom. The molecule has 2 aromatic rings. The van der Waals surface area contributed by atoms with Crippen molar-refractivity contribution < 1.29 is 9.59 Å². The Balaban J connectivity index is 1.49. The van der Waals surface area contributed by atoms with Crippen LogP contribution >= 0.6 is 0 Å². The van der Waals surface area contributed by atoms with Crippen LogP contribution < -0.4 is 0 Å². The van der Waals surface area contributed by atoms with Crippen LogP contribution in [0.3, 0.4) is 0 Å². The van der Waals surface area contributed by atoms with Gasteiger partial charge in [0.25, 0.3) is 0 Å². The predicted octanol–water partition coefficient (Wildman–Crippen LogP) is 4.25. The van der Waals surface area contributed by atoms with Gasteiger partial charge in [-0.1, -0.05) is 61.5 Å². The summed E-state index contributed by atoms with van der Waals surface area (Å²) in [5.74, 6) is 1.21. The molecular weight excluding hydrogens is 372 g/mol. The lowest BCUT2D eigenvalue weighted by Crippen LogP contribution is -2.51. The van der Waals surface area contributed by atoms with Crippen LogP contribution in [0, 0.1) is 17.3 Å². The van der Waals surface area contributed by atoms with Gasteiger partial charge in [0.2, 0.25) is 11.8 Å². The van der Waals surface area contributed by atoms with Crippen LogP contribution in [-0.2, 0) is 16.0 Å². The van der Waals surface area contributed by atoms with Gasteiger partial charge in [0.15, 0.2) is 0 Å². The lowest BCUT2D eigenvalue weighted by molar-refractivity contribution is -0.146. The molecule has 4 heteroatoms. The highest BCUT2D eigenvalue weighted by molar-refractivity contribution is 5.84. The molecule has 2 fully saturated rings. The Hall–Kier alpha value is -2.62. The number of hydrogen-bond donors (Lipinski definition) is 0. The van der Waals surface area contributed by atoms with Gasteiger partial charge in [-0.05, 0) is 48.3 Å². The third-order valence-electron chi connectivity index (χ3n) is 6.92. The zero-order valence-electron chi connectivity index (χ0n) is 18.3. The average molecular weight is 405 g/mol. The fourth-order valence-corrected chi connectivity index (χ4v) is 4.83. The van der Waals surface area contributed by atoms with Crippen LogP contribution in [0.1, 0.15) is 31.7 Å². The normalized spacial score (nSPS) is 22.4. The molecule has 2 amide bonds. The third-order valence-corrected chi connectivity index (χ3v) is 6.92. The molecule has 4 rings (SSSR count). The van der Waals surface area contributed by atoms with E-state index in [2.05, 4.69) is 43.3 Å². The number of hydrogen-bond acceptors (Lipinski definition) is 2. The van der Waals surface area contributed by atoms with Crippen LogP contribution in [0.15, 0.2) is 54.6 Å². The summed E-state index contributed by atoms with van der Waals surface area (Å²) in [4.78, 5) is 29.6. The van der Waals surface area contributed by atoms with Crippen LogP contribution in [-0.4, -0.2) is 48.8 Å². The maximum absolute atomic E-state index is 13.2. The molecule has 0 aromatic heterocycles. The van der Waals surface area contributed by atoms with Gasteiger partial charge in [-0.3, -0.25) is 9.59 Å². The molecule has 0 unspecified atom stereocenters. The molecule has 0 bridgehead atoms. The maximum Gasteiger partial charge on any atom is 0.228 e. The molecule has 1 saturated carbocycles. The van der Waals surface area contributed by atoms with Crippen molar-refractivity contribution in [1.82, 2.24) is 9.80 Å². The monoisotopic (exact) mass is 404 g/mol. The van der Waals surface area contributed by atoms with E-state index >= 15 is 0 Å². The standard InChI is InChI=1S/C26H32N2O2/c1-19-17-23(19)24(29)28-15-13-26(14-16-28,25(30)27(2)3)18-20-9-11-22(12-10-20)21-7-5-4-6-8-21/h4-12,19,23H,13-18H2,1-3H3/t19-,23+/m1/s1. The molecule has 2 atom stereocenters. The Labute approximate surface area is 179 Å². The van der Waals surface area contributed by atoms with Crippen molar-refractivity contribution in [3.05, 3.63) is 60.2 Å². The highest BCUT2D eigenvalue weighted by Gasteiger charge is 2.46. The summed E-state index contributed by atoms with van der Waals surface area (Å²) in [5.41, 5.74) is 3.14. The fourth-order valence-electron chi connectivity index (χ4n) is 4.83. The second-order valence-corrected chi connectivity index (χ2v) is 9.36. The summed E-state index contributed by atoms with van der Waals surface area (Å²) in [5, 5.41) is 0. The second kappa shape index (κ2) is 8.25. The smallest absolute Gasteiger partial charge is 0.228 e. The molecule has 4 nitrogen and oxygen atoms in total. The largest absolute Gasteiger partial charge is 0.348 e. The highest BCUT2D eigenvalue weighted by Crippen LogP contribution is 2.42. The third kappa shape index (κ3) is 4.14. The minimum atomic E-state index is -0.427. The van der Waals surface area contributed by atoms with E-state index in [4.69, 9.17) is 0 Å². The highest BCUT2D eigenvalue weighted by atomic mass is 16.2. The summed E-state index contributed by atoms with van der Waals surface area (Å²) in [6, 6.07) is 18.9. The lowest BCUT2D eigenvalue weighted by Gasteiger charge is -2.42. The van der Waals surface area contributed by atoms with Gasteiger partial charge in [-0.25, -0.2) is 0 Å². The van der Waals surface area contributed by atoms with Crippen molar-refractivity contribution in [3.8, 4) is 11.1 Å². The van der Waals surface area contributed by atoms with Gasteiger partial charge in [0, 0.05) is 33.1 Å². The molecule has 30 heavy (non-hydrogen) atoms. The molecule has 2 aliphatic rings. The van der Waals surface area contributed by atoms with Crippen LogP contribution in [0.5, 0.6) is 0 Å². The van der Waals surface area contributed by atoms with Gasteiger partial charge in [-0.15, -0.1) is 0 Å². The van der Waals surface area contributed by atoms with Crippen molar-refractivity contribution >= 4 is 11.8 Å². The van der Waals surface area contributed by atoms with E-state index in [1.807, 2.05) is 37.2 Å². The van der Waals surface area contributed by atoms with E-state index in [1.165, 1.54) is 16.7 Å². The molecule has 1 aliphatic carbocycles. The predicted molar refractivity (Wildman–Crippen MR) is 120 cm³/mol. The number of nitrogens with zero attached hydrogens (tertiary/aromatic N) is 2. The molecule has 0 spiro atoms. The number of amides is 2. The first-order valence-corrected chi connectivity index (χ1v) is 11.0. The molecule has 1 aliphatic heterocycles. The van der Waals surface area contributed by atoms with Gasteiger partial charge >= 0.3 is 0 Å². The minimum absolute atomic E-state index is 0.182. The quantitative estimate of drug-likeness (QED) is 0.748. The second-order valence-electron chi connectivity index (χ2n) is 9.36. The van der Waals surface area contributed by atoms with E-state index in [0.29, 0.717) is 24.9 Å². The van der Waals surface area contributed by atoms with Crippen molar-refractivity contribution in [2.75, 3.05) is 27.2 Å². The van der Waals surface area contributed by atoms with E-state index in [0.717, 1.165) is 25.7 Å². The molecule has 158 valence electrons. The van der Waals surface area contributed by atoms with Gasteiger partial charge in [0.05, 0.1) is 5.41 Å². The molecule has 0 radical (unpaired) electrons. The fraction of sp³-hybridized carbons (Fsp3) is 0.462. The van der Waals surface area contributed by atoms with E-state index in [-0.39, 0.29) is 11.8 Å². The number of likely N-dealkylation sites (tertiary alicyclic amines) is 1. The molecule has 0 N–H and O–H groups in total. The number of piperidine rings is 1. The van der Waals surface area contributed by atoms with Crippen LogP contribution in [0.4, 0.5) is 0 Å².